The van der Waals surface area contributed by atoms with Crippen LogP contribution in [-0.4, -0.2) is 53.8 Å². The Kier molecular flexibility index (Phi) is 6.13. The van der Waals surface area contributed by atoms with Crippen LogP contribution in [0.5, 0.6) is 17.2 Å². The molecule has 0 bridgehead atoms. The van der Waals surface area contributed by atoms with E-state index in [2.05, 4.69) is 4.90 Å². The van der Waals surface area contributed by atoms with Crippen LogP contribution in [0.4, 0.5) is 0 Å². The van der Waals surface area contributed by atoms with Crippen LogP contribution in [0.1, 0.15) is 32.3 Å². The quantitative estimate of drug-likeness (QED) is 0.783. The van der Waals surface area contributed by atoms with Crippen LogP contribution in [0.2, 0.25) is 0 Å². The molecule has 6 nitrogen and oxygen atoms in total. The number of ether oxygens (including phenoxy) is 2. The number of carbonyl (C=O) groups excluding carboxylic acids is 1. The second-order valence-corrected chi connectivity index (χ2v) is 8.00. The van der Waals surface area contributed by atoms with Crippen molar-refractivity contribution in [3.8, 4) is 28.4 Å². The summed E-state index contributed by atoms with van der Waals surface area (Å²) < 4.78 is 10.9. The van der Waals surface area contributed by atoms with Gasteiger partial charge in [0.15, 0.2) is 11.5 Å². The van der Waals surface area contributed by atoms with E-state index in [1.807, 2.05) is 49.1 Å². The lowest BCUT2D eigenvalue weighted by Crippen LogP contribution is -2.44. The minimum absolute atomic E-state index is 0.0397. The van der Waals surface area contributed by atoms with Crippen molar-refractivity contribution in [1.82, 2.24) is 9.80 Å². The molecule has 2 heterocycles. The predicted molar refractivity (Wildman–Crippen MR) is 116 cm³/mol. The van der Waals surface area contributed by atoms with Crippen LogP contribution < -0.4 is 9.47 Å². The van der Waals surface area contributed by atoms with Crippen LogP contribution >= 0.6 is 0 Å². The number of hydrogen-bond acceptors (Lipinski definition) is 5. The van der Waals surface area contributed by atoms with E-state index < -0.39 is 0 Å². The van der Waals surface area contributed by atoms with Crippen molar-refractivity contribution in [1.29, 1.82) is 0 Å². The van der Waals surface area contributed by atoms with Crippen LogP contribution in [0, 0.1) is 5.92 Å². The van der Waals surface area contributed by atoms with Crippen molar-refractivity contribution in [2.45, 2.75) is 33.2 Å². The number of benzene rings is 2. The monoisotopic (exact) mass is 410 g/mol. The van der Waals surface area contributed by atoms with Gasteiger partial charge in [-0.25, -0.2) is 0 Å². The Morgan fingerprint density at radius 2 is 1.83 bits per heavy atom. The van der Waals surface area contributed by atoms with Gasteiger partial charge in [-0.2, -0.15) is 0 Å². The first kappa shape index (κ1) is 20.5. The molecule has 160 valence electrons. The van der Waals surface area contributed by atoms with E-state index in [0.717, 1.165) is 67.2 Å². The first-order chi connectivity index (χ1) is 14.6. The van der Waals surface area contributed by atoms with Gasteiger partial charge in [0.05, 0.1) is 5.92 Å². The minimum Gasteiger partial charge on any atom is -0.508 e. The Labute approximate surface area is 178 Å². The number of nitrogens with zero attached hydrogens (tertiary/aromatic N) is 2. The summed E-state index contributed by atoms with van der Waals surface area (Å²) in [5.41, 5.74) is 2.92. The molecule has 1 saturated heterocycles. The first-order valence-electron chi connectivity index (χ1n) is 10.8. The van der Waals surface area contributed by atoms with E-state index in [1.165, 1.54) is 0 Å². The lowest BCUT2D eigenvalue weighted by molar-refractivity contribution is -0.137. The molecule has 30 heavy (non-hydrogen) atoms. The average Bonchev–Trinajstić information content (AvgIpc) is 3.24. The topological polar surface area (TPSA) is 62.2 Å². The van der Waals surface area contributed by atoms with Gasteiger partial charge >= 0.3 is 0 Å². The third-order valence-electron chi connectivity index (χ3n) is 6.11. The molecule has 0 aliphatic carbocycles. The van der Waals surface area contributed by atoms with Gasteiger partial charge in [-0.15, -0.1) is 0 Å². The van der Waals surface area contributed by atoms with Gasteiger partial charge in [0, 0.05) is 31.7 Å². The molecule has 1 fully saturated rings. The second kappa shape index (κ2) is 8.96. The zero-order valence-electron chi connectivity index (χ0n) is 17.8. The Bertz CT molecular complexity index is 910. The van der Waals surface area contributed by atoms with Gasteiger partial charge in [0.25, 0.3) is 0 Å². The summed E-state index contributed by atoms with van der Waals surface area (Å²) in [5, 5.41) is 10.5. The van der Waals surface area contributed by atoms with Crippen molar-refractivity contribution >= 4 is 5.91 Å². The van der Waals surface area contributed by atoms with Crippen LogP contribution in [0.15, 0.2) is 36.4 Å². The fourth-order valence-electron chi connectivity index (χ4n) is 4.40. The van der Waals surface area contributed by atoms with Gasteiger partial charge in [0.1, 0.15) is 5.75 Å². The van der Waals surface area contributed by atoms with E-state index >= 15 is 0 Å². The number of amides is 1. The van der Waals surface area contributed by atoms with E-state index in [-0.39, 0.29) is 24.4 Å². The maximum Gasteiger partial charge on any atom is 0.231 e. The van der Waals surface area contributed by atoms with E-state index in [0.29, 0.717) is 6.54 Å². The Morgan fingerprint density at radius 1 is 1.10 bits per heavy atom. The Hall–Kier alpha value is -2.73. The molecule has 0 aromatic heterocycles. The maximum absolute atomic E-state index is 12.8. The number of piperidine rings is 1. The largest absolute Gasteiger partial charge is 0.508 e. The fraction of sp³-hybridized carbons (Fsp3) is 0.458. The zero-order chi connectivity index (χ0) is 21.1. The highest BCUT2D eigenvalue weighted by atomic mass is 16.7. The summed E-state index contributed by atoms with van der Waals surface area (Å²) in [6.45, 7) is 8.13. The van der Waals surface area contributed by atoms with Gasteiger partial charge in [0.2, 0.25) is 12.7 Å². The highest BCUT2D eigenvalue weighted by Crippen LogP contribution is 2.37. The average molecular weight is 411 g/mol. The number of fused-ring (bicyclic) bond motifs is 1. The van der Waals surface area contributed by atoms with Gasteiger partial charge in [-0.1, -0.05) is 12.1 Å². The highest BCUT2D eigenvalue weighted by molar-refractivity contribution is 5.79. The minimum atomic E-state index is 0.0397. The van der Waals surface area contributed by atoms with Crippen LogP contribution in [0.25, 0.3) is 11.1 Å². The molecule has 2 aliphatic heterocycles. The number of phenols is 1. The summed E-state index contributed by atoms with van der Waals surface area (Å²) in [7, 11) is 0. The van der Waals surface area contributed by atoms with Crippen molar-refractivity contribution in [2.75, 3.05) is 33.0 Å². The molecule has 1 N–H and O–H groups in total. The van der Waals surface area contributed by atoms with Gasteiger partial charge in [-0.3, -0.25) is 9.69 Å². The van der Waals surface area contributed by atoms with Crippen molar-refractivity contribution in [2.24, 2.45) is 5.92 Å². The maximum atomic E-state index is 12.8. The molecular weight excluding hydrogens is 380 g/mol. The summed E-state index contributed by atoms with van der Waals surface area (Å²) in [6.07, 6.45) is 1.94. The number of phenolic OH excluding ortho intramolecular Hbond substituents is 1. The van der Waals surface area contributed by atoms with Gasteiger partial charge < -0.3 is 19.5 Å². The zero-order valence-corrected chi connectivity index (χ0v) is 17.8. The molecule has 4 rings (SSSR count). The molecule has 1 unspecified atom stereocenters. The molecule has 6 heteroatoms. The molecular formula is C24H30N2O4. The van der Waals surface area contributed by atoms with E-state index in [9.17, 15) is 9.90 Å². The standard InChI is InChI=1S/C24H30N2O4/c1-3-26(4-2)24(28)19-6-5-11-25(14-19)15-20-12-17(7-9-21(20)27)18-8-10-22-23(13-18)30-16-29-22/h7-10,12-13,19,27H,3-6,11,14-16H2,1-2H3. The third-order valence-corrected chi connectivity index (χ3v) is 6.11. The molecule has 0 spiro atoms. The Morgan fingerprint density at radius 3 is 2.63 bits per heavy atom. The molecule has 2 aromatic rings. The number of aromatic hydroxyl groups is 1. The Balaban J connectivity index is 1.49. The molecule has 1 amide bonds. The number of likely N-dealkylation sites (tertiary alicyclic amines) is 1. The lowest BCUT2D eigenvalue weighted by atomic mass is 9.95. The predicted octanol–water partition coefficient (Wildman–Crippen LogP) is 3.87. The van der Waals surface area contributed by atoms with Crippen molar-refractivity contribution < 1.29 is 19.4 Å². The normalized spacial score (nSPS) is 18.4. The number of carbonyl (C=O) groups is 1. The lowest BCUT2D eigenvalue weighted by Gasteiger charge is -2.34. The highest BCUT2D eigenvalue weighted by Gasteiger charge is 2.28. The van der Waals surface area contributed by atoms with Crippen molar-refractivity contribution in [3.63, 3.8) is 0 Å². The first-order valence-corrected chi connectivity index (χ1v) is 10.8. The summed E-state index contributed by atoms with van der Waals surface area (Å²) in [5.74, 6) is 2.09. The summed E-state index contributed by atoms with van der Waals surface area (Å²) >= 11 is 0. The molecule has 2 aliphatic rings. The number of rotatable bonds is 6. The third kappa shape index (κ3) is 4.24. The smallest absolute Gasteiger partial charge is 0.231 e. The van der Waals surface area contributed by atoms with Crippen LogP contribution in [-0.2, 0) is 11.3 Å². The van der Waals surface area contributed by atoms with Crippen LogP contribution in [0.3, 0.4) is 0 Å². The van der Waals surface area contributed by atoms with E-state index in [4.69, 9.17) is 9.47 Å². The van der Waals surface area contributed by atoms with Gasteiger partial charge in [-0.05, 0) is 68.6 Å². The number of hydrogen-bond donors (Lipinski definition) is 1. The molecule has 0 saturated carbocycles. The second-order valence-electron chi connectivity index (χ2n) is 8.00. The van der Waals surface area contributed by atoms with E-state index in [1.54, 1.807) is 6.07 Å². The van der Waals surface area contributed by atoms with Crippen molar-refractivity contribution in [3.05, 3.63) is 42.0 Å². The summed E-state index contributed by atoms with van der Waals surface area (Å²) in [4.78, 5) is 17.0. The molecule has 0 radical (unpaired) electrons. The molecule has 1 atom stereocenters. The fourth-order valence-corrected chi connectivity index (χ4v) is 4.40. The summed E-state index contributed by atoms with van der Waals surface area (Å²) in [6, 6.07) is 11.6. The SMILES string of the molecule is CCN(CC)C(=O)C1CCCN(Cc2cc(-c3ccc4c(c3)OCO4)ccc2O)C1. The molecule has 2 aromatic carbocycles.